The van der Waals surface area contributed by atoms with Gasteiger partial charge in [0.25, 0.3) is 0 Å². The van der Waals surface area contributed by atoms with Crippen molar-refractivity contribution in [3.8, 4) is 11.4 Å². The lowest BCUT2D eigenvalue weighted by Gasteiger charge is -2.28. The SMILES string of the molecule is CC(C(=O)NCc1nc(-c2ccccc2)no1)N(c1cccc(F)c1)S(C)(=O)=O. The Bertz CT molecular complexity index is 1100. The van der Waals surface area contributed by atoms with Crippen molar-refractivity contribution in [2.75, 3.05) is 10.6 Å². The van der Waals surface area contributed by atoms with Gasteiger partial charge in [-0.25, -0.2) is 12.8 Å². The number of hydrogen-bond acceptors (Lipinski definition) is 6. The minimum Gasteiger partial charge on any atom is -0.345 e. The van der Waals surface area contributed by atoms with Gasteiger partial charge in [0, 0.05) is 5.56 Å². The summed E-state index contributed by atoms with van der Waals surface area (Å²) in [5.74, 6) is -0.663. The van der Waals surface area contributed by atoms with Crippen LogP contribution < -0.4 is 9.62 Å². The number of carbonyl (C=O) groups is 1. The second-order valence-electron chi connectivity index (χ2n) is 6.31. The highest BCUT2D eigenvalue weighted by molar-refractivity contribution is 7.92. The van der Waals surface area contributed by atoms with Crippen LogP contribution in [0, 0.1) is 5.82 Å². The van der Waals surface area contributed by atoms with Crippen molar-refractivity contribution in [2.45, 2.75) is 19.5 Å². The molecule has 0 spiro atoms. The summed E-state index contributed by atoms with van der Waals surface area (Å²) in [4.78, 5) is 16.7. The van der Waals surface area contributed by atoms with Crippen LogP contribution in [0.4, 0.5) is 10.1 Å². The number of aromatic nitrogens is 2. The van der Waals surface area contributed by atoms with E-state index in [4.69, 9.17) is 4.52 Å². The molecular formula is C19H19FN4O4S. The van der Waals surface area contributed by atoms with E-state index >= 15 is 0 Å². The Labute approximate surface area is 167 Å². The summed E-state index contributed by atoms with van der Waals surface area (Å²) < 4.78 is 43.9. The van der Waals surface area contributed by atoms with Crippen LogP contribution in [0.1, 0.15) is 12.8 Å². The maximum atomic E-state index is 13.5. The Morgan fingerprint density at radius 3 is 2.59 bits per heavy atom. The van der Waals surface area contributed by atoms with Crippen LogP contribution in [0.25, 0.3) is 11.4 Å². The summed E-state index contributed by atoms with van der Waals surface area (Å²) >= 11 is 0. The zero-order valence-corrected chi connectivity index (χ0v) is 16.6. The maximum absolute atomic E-state index is 13.5. The average Bonchev–Trinajstić information content (AvgIpc) is 3.15. The average molecular weight is 418 g/mol. The molecule has 0 saturated carbocycles. The second kappa shape index (κ2) is 8.39. The largest absolute Gasteiger partial charge is 0.345 e. The van der Waals surface area contributed by atoms with E-state index in [1.54, 1.807) is 0 Å². The van der Waals surface area contributed by atoms with Crippen molar-refractivity contribution in [1.29, 1.82) is 0 Å². The smallest absolute Gasteiger partial charge is 0.246 e. The van der Waals surface area contributed by atoms with E-state index in [1.165, 1.54) is 25.1 Å². The van der Waals surface area contributed by atoms with Gasteiger partial charge in [-0.3, -0.25) is 9.10 Å². The van der Waals surface area contributed by atoms with Crippen molar-refractivity contribution in [2.24, 2.45) is 0 Å². The van der Waals surface area contributed by atoms with E-state index in [-0.39, 0.29) is 18.1 Å². The summed E-state index contributed by atoms with van der Waals surface area (Å²) in [6.07, 6.45) is 0.950. The number of rotatable bonds is 7. The molecule has 1 heterocycles. The normalized spacial score (nSPS) is 12.4. The Balaban J connectivity index is 1.71. The van der Waals surface area contributed by atoms with Crippen molar-refractivity contribution in [3.63, 3.8) is 0 Å². The quantitative estimate of drug-likeness (QED) is 0.631. The van der Waals surface area contributed by atoms with Gasteiger partial charge in [0.15, 0.2) is 0 Å². The van der Waals surface area contributed by atoms with Crippen LogP contribution in [-0.4, -0.2) is 36.8 Å². The van der Waals surface area contributed by atoms with Crippen LogP contribution in [0.3, 0.4) is 0 Å². The fourth-order valence-electron chi connectivity index (χ4n) is 2.76. The minimum absolute atomic E-state index is 0.0549. The molecule has 8 nitrogen and oxygen atoms in total. The van der Waals surface area contributed by atoms with Crippen LogP contribution in [0.15, 0.2) is 59.1 Å². The molecule has 152 valence electrons. The fraction of sp³-hybridized carbons (Fsp3) is 0.211. The summed E-state index contributed by atoms with van der Waals surface area (Å²) in [6, 6.07) is 13.1. The Morgan fingerprint density at radius 1 is 1.21 bits per heavy atom. The van der Waals surface area contributed by atoms with E-state index in [2.05, 4.69) is 15.5 Å². The molecule has 1 atom stereocenters. The zero-order valence-electron chi connectivity index (χ0n) is 15.7. The van der Waals surface area contributed by atoms with Gasteiger partial charge in [-0.05, 0) is 25.1 Å². The molecule has 3 rings (SSSR count). The molecule has 0 aliphatic rings. The third kappa shape index (κ3) is 4.96. The molecule has 0 saturated heterocycles. The third-order valence-electron chi connectivity index (χ3n) is 4.07. The van der Waals surface area contributed by atoms with Gasteiger partial charge in [-0.15, -0.1) is 0 Å². The number of benzene rings is 2. The first kappa shape index (κ1) is 20.5. The molecule has 3 aromatic rings. The summed E-state index contributed by atoms with van der Waals surface area (Å²) in [5.41, 5.74) is 0.816. The lowest BCUT2D eigenvalue weighted by atomic mass is 10.2. The molecule has 1 amide bonds. The number of sulfonamides is 1. The number of halogens is 1. The monoisotopic (exact) mass is 418 g/mol. The van der Waals surface area contributed by atoms with Gasteiger partial charge < -0.3 is 9.84 Å². The molecule has 0 aliphatic heterocycles. The molecule has 1 aromatic heterocycles. The number of amides is 1. The predicted molar refractivity (Wildman–Crippen MR) is 105 cm³/mol. The highest BCUT2D eigenvalue weighted by atomic mass is 32.2. The highest BCUT2D eigenvalue weighted by Crippen LogP contribution is 2.22. The standard InChI is InChI=1S/C19H19FN4O4S/c1-13(24(29(2,26)27)16-10-6-9-15(20)11-16)19(25)21-12-17-22-18(23-28-17)14-7-4-3-5-8-14/h3-11,13H,12H2,1-2H3,(H,21,25). The number of anilines is 1. The molecule has 1 unspecified atom stereocenters. The highest BCUT2D eigenvalue weighted by Gasteiger charge is 2.29. The molecular weight excluding hydrogens is 399 g/mol. The molecule has 2 aromatic carbocycles. The first-order chi connectivity index (χ1) is 13.8. The van der Waals surface area contributed by atoms with Gasteiger partial charge in [0.1, 0.15) is 11.9 Å². The molecule has 0 aliphatic carbocycles. The molecule has 29 heavy (non-hydrogen) atoms. The van der Waals surface area contributed by atoms with E-state index in [0.29, 0.717) is 5.82 Å². The van der Waals surface area contributed by atoms with E-state index in [0.717, 1.165) is 22.2 Å². The van der Waals surface area contributed by atoms with Crippen molar-refractivity contribution >= 4 is 21.6 Å². The molecule has 10 heteroatoms. The fourth-order valence-corrected chi connectivity index (χ4v) is 3.93. The molecule has 1 N–H and O–H groups in total. The maximum Gasteiger partial charge on any atom is 0.246 e. The van der Waals surface area contributed by atoms with E-state index < -0.39 is 27.8 Å². The van der Waals surface area contributed by atoms with Crippen molar-refractivity contribution in [1.82, 2.24) is 15.5 Å². The zero-order chi connectivity index (χ0) is 21.0. The Morgan fingerprint density at radius 2 is 1.93 bits per heavy atom. The minimum atomic E-state index is -3.84. The second-order valence-corrected chi connectivity index (χ2v) is 8.17. The lowest BCUT2D eigenvalue weighted by Crippen LogP contribution is -2.47. The lowest BCUT2D eigenvalue weighted by molar-refractivity contribution is -0.122. The van der Waals surface area contributed by atoms with Gasteiger partial charge >= 0.3 is 0 Å². The number of hydrogen-bond donors (Lipinski definition) is 1. The van der Waals surface area contributed by atoms with Gasteiger partial charge in [0.2, 0.25) is 27.6 Å². The summed E-state index contributed by atoms with van der Waals surface area (Å²) in [7, 11) is -3.84. The van der Waals surface area contributed by atoms with E-state index in [9.17, 15) is 17.6 Å². The Kier molecular flexibility index (Phi) is 5.92. The summed E-state index contributed by atoms with van der Waals surface area (Å²) in [6.45, 7) is 1.33. The molecule has 0 radical (unpaired) electrons. The topological polar surface area (TPSA) is 105 Å². The van der Waals surface area contributed by atoms with Crippen LogP contribution in [0.2, 0.25) is 0 Å². The van der Waals surface area contributed by atoms with Gasteiger partial charge in [0.05, 0.1) is 18.5 Å². The van der Waals surface area contributed by atoms with Crippen molar-refractivity contribution in [3.05, 3.63) is 66.3 Å². The number of nitrogens with one attached hydrogen (secondary N) is 1. The first-order valence-corrected chi connectivity index (χ1v) is 10.5. The number of carbonyl (C=O) groups excluding carboxylic acids is 1. The number of nitrogens with zero attached hydrogens (tertiary/aromatic N) is 3. The predicted octanol–water partition coefficient (Wildman–Crippen LogP) is 2.35. The third-order valence-corrected chi connectivity index (χ3v) is 5.31. The molecule has 0 fully saturated rings. The van der Waals surface area contributed by atoms with Crippen molar-refractivity contribution < 1.29 is 22.1 Å². The van der Waals surface area contributed by atoms with Crippen LogP contribution >= 0.6 is 0 Å². The van der Waals surface area contributed by atoms with Crippen LogP contribution in [0.5, 0.6) is 0 Å². The summed E-state index contributed by atoms with van der Waals surface area (Å²) in [5, 5.41) is 6.42. The van der Waals surface area contributed by atoms with E-state index in [1.807, 2.05) is 30.3 Å². The van der Waals surface area contributed by atoms with Gasteiger partial charge in [-0.2, -0.15) is 4.98 Å². The molecule has 0 bridgehead atoms. The Hall–Kier alpha value is -3.27. The van der Waals surface area contributed by atoms with Crippen LogP contribution in [-0.2, 0) is 21.4 Å². The first-order valence-electron chi connectivity index (χ1n) is 8.66. The van der Waals surface area contributed by atoms with Gasteiger partial charge in [-0.1, -0.05) is 41.6 Å².